The fraction of sp³-hybridized carbons (Fsp3) is 0.571. The number of halogens is 1. The number of alkyl halides is 1. The number of anilines is 1. The van der Waals surface area contributed by atoms with E-state index in [1.54, 1.807) is 7.11 Å². The van der Waals surface area contributed by atoms with Crippen molar-refractivity contribution in [2.45, 2.75) is 32.7 Å². The molecule has 0 aliphatic carbocycles. The van der Waals surface area contributed by atoms with E-state index in [1.807, 2.05) is 0 Å². The summed E-state index contributed by atoms with van der Waals surface area (Å²) >= 11 is 5.88. The van der Waals surface area contributed by atoms with E-state index >= 15 is 0 Å². The van der Waals surface area contributed by atoms with Gasteiger partial charge in [-0.25, -0.2) is 0 Å². The van der Waals surface area contributed by atoms with Gasteiger partial charge in [0, 0.05) is 31.3 Å². The first-order valence-electron chi connectivity index (χ1n) is 6.01. The molecule has 0 aliphatic heterocycles. The van der Waals surface area contributed by atoms with E-state index in [9.17, 15) is 0 Å². The topological polar surface area (TPSA) is 12.5 Å². The van der Waals surface area contributed by atoms with Crippen molar-refractivity contribution >= 4 is 17.3 Å². The molecule has 3 heteroatoms. The summed E-state index contributed by atoms with van der Waals surface area (Å²) < 4.78 is 5.16. The highest BCUT2D eigenvalue weighted by Gasteiger charge is 2.11. The van der Waals surface area contributed by atoms with Crippen molar-refractivity contribution in [3.63, 3.8) is 0 Å². The summed E-state index contributed by atoms with van der Waals surface area (Å²) in [5.74, 6) is 0.575. The molecule has 0 fully saturated rings. The third kappa shape index (κ3) is 3.90. The van der Waals surface area contributed by atoms with Gasteiger partial charge >= 0.3 is 0 Å². The van der Waals surface area contributed by atoms with Crippen LogP contribution in [0.15, 0.2) is 18.2 Å². The Kier molecular flexibility index (Phi) is 5.79. The van der Waals surface area contributed by atoms with Crippen molar-refractivity contribution < 1.29 is 4.74 Å². The van der Waals surface area contributed by atoms with E-state index < -0.39 is 0 Å². The molecule has 0 saturated heterocycles. The van der Waals surface area contributed by atoms with Crippen LogP contribution < -0.4 is 4.90 Å². The van der Waals surface area contributed by atoms with Crippen molar-refractivity contribution in [1.82, 2.24) is 0 Å². The Labute approximate surface area is 110 Å². The highest BCUT2D eigenvalue weighted by molar-refractivity contribution is 6.17. The lowest BCUT2D eigenvalue weighted by Crippen LogP contribution is -2.33. The van der Waals surface area contributed by atoms with Crippen molar-refractivity contribution in [1.29, 1.82) is 0 Å². The highest BCUT2D eigenvalue weighted by Crippen LogP contribution is 2.22. The maximum absolute atomic E-state index is 5.88. The second kappa shape index (κ2) is 6.87. The number of aryl methyl sites for hydroxylation is 1. The molecule has 96 valence electrons. The van der Waals surface area contributed by atoms with Gasteiger partial charge in [0.15, 0.2) is 0 Å². The minimum absolute atomic E-state index is 0.464. The summed E-state index contributed by atoms with van der Waals surface area (Å²) in [7, 11) is 1.74. The summed E-state index contributed by atoms with van der Waals surface area (Å²) in [6, 6.07) is 6.92. The van der Waals surface area contributed by atoms with Crippen LogP contribution >= 0.6 is 11.6 Å². The number of rotatable bonds is 6. The zero-order valence-corrected chi connectivity index (χ0v) is 11.9. The zero-order chi connectivity index (χ0) is 12.8. The van der Waals surface area contributed by atoms with Crippen molar-refractivity contribution in [3.05, 3.63) is 29.3 Å². The largest absolute Gasteiger partial charge is 0.383 e. The Morgan fingerprint density at radius 3 is 2.53 bits per heavy atom. The van der Waals surface area contributed by atoms with Gasteiger partial charge in [0.1, 0.15) is 0 Å². The van der Waals surface area contributed by atoms with E-state index in [1.165, 1.54) is 16.8 Å². The predicted molar refractivity (Wildman–Crippen MR) is 75.1 cm³/mol. The van der Waals surface area contributed by atoms with Crippen molar-refractivity contribution in [2.75, 3.05) is 25.2 Å². The van der Waals surface area contributed by atoms with Gasteiger partial charge in [-0.15, -0.1) is 11.6 Å². The van der Waals surface area contributed by atoms with E-state index in [2.05, 4.69) is 43.9 Å². The van der Waals surface area contributed by atoms with Gasteiger partial charge in [-0.1, -0.05) is 6.07 Å². The van der Waals surface area contributed by atoms with Crippen LogP contribution in [0.3, 0.4) is 0 Å². The van der Waals surface area contributed by atoms with Gasteiger partial charge in [-0.3, -0.25) is 0 Å². The molecule has 0 unspecified atom stereocenters. The quantitative estimate of drug-likeness (QED) is 0.721. The average molecular weight is 256 g/mol. The number of nitrogens with zero attached hydrogens (tertiary/aromatic N) is 1. The highest BCUT2D eigenvalue weighted by atomic mass is 35.5. The van der Waals surface area contributed by atoms with Gasteiger partial charge in [0.2, 0.25) is 0 Å². The van der Waals surface area contributed by atoms with Gasteiger partial charge in [0.25, 0.3) is 0 Å². The maximum atomic E-state index is 5.88. The summed E-state index contributed by atoms with van der Waals surface area (Å²) in [4.78, 5) is 2.34. The molecule has 2 nitrogen and oxygen atoms in total. The Morgan fingerprint density at radius 1 is 1.35 bits per heavy atom. The molecule has 0 atom stereocenters. The Balaban J connectivity index is 2.90. The Bertz CT molecular complexity index is 352. The molecule has 0 bridgehead atoms. The lowest BCUT2D eigenvalue weighted by molar-refractivity contribution is 0.204. The molecule has 0 saturated carbocycles. The van der Waals surface area contributed by atoms with Crippen LogP contribution in [0.25, 0.3) is 0 Å². The van der Waals surface area contributed by atoms with Gasteiger partial charge < -0.3 is 9.64 Å². The van der Waals surface area contributed by atoms with E-state index in [4.69, 9.17) is 16.3 Å². The van der Waals surface area contributed by atoms with E-state index in [0.717, 1.165) is 13.2 Å². The normalized spacial score (nSPS) is 10.9. The molecule has 0 aromatic heterocycles. The minimum atomic E-state index is 0.464. The van der Waals surface area contributed by atoms with Crippen LogP contribution in [0.4, 0.5) is 5.69 Å². The Hall–Kier alpha value is -0.730. The number of benzene rings is 1. The third-order valence-electron chi connectivity index (χ3n) is 2.96. The molecule has 0 spiro atoms. The molecule has 1 aromatic rings. The number of ether oxygens (including phenoxy) is 1. The smallest absolute Gasteiger partial charge is 0.0637 e. The van der Waals surface area contributed by atoms with Gasteiger partial charge in [-0.2, -0.15) is 0 Å². The Morgan fingerprint density at radius 2 is 2.06 bits per heavy atom. The van der Waals surface area contributed by atoms with Crippen molar-refractivity contribution in [3.8, 4) is 0 Å². The first-order valence-corrected chi connectivity index (χ1v) is 6.54. The second-order valence-corrected chi connectivity index (χ2v) is 4.79. The summed E-state index contributed by atoms with van der Waals surface area (Å²) in [6.07, 6.45) is 0. The van der Waals surface area contributed by atoms with E-state index in [0.29, 0.717) is 11.9 Å². The fourth-order valence-corrected chi connectivity index (χ4v) is 2.18. The first kappa shape index (κ1) is 14.3. The molecule has 0 aliphatic rings. The van der Waals surface area contributed by atoms with Crippen LogP contribution in [-0.2, 0) is 10.6 Å². The lowest BCUT2D eigenvalue weighted by Gasteiger charge is -2.29. The number of methoxy groups -OCH3 is 1. The fourth-order valence-electron chi connectivity index (χ4n) is 1.88. The maximum Gasteiger partial charge on any atom is 0.0637 e. The average Bonchev–Trinajstić information content (AvgIpc) is 2.29. The van der Waals surface area contributed by atoms with Crippen LogP contribution in [0.1, 0.15) is 25.0 Å². The van der Waals surface area contributed by atoms with Crippen LogP contribution in [0, 0.1) is 6.92 Å². The lowest BCUT2D eigenvalue weighted by atomic mass is 10.1. The number of hydrogen-bond acceptors (Lipinski definition) is 2. The van der Waals surface area contributed by atoms with E-state index in [-0.39, 0.29) is 0 Å². The van der Waals surface area contributed by atoms with Crippen molar-refractivity contribution in [2.24, 2.45) is 0 Å². The van der Waals surface area contributed by atoms with Gasteiger partial charge in [0.05, 0.1) is 6.61 Å². The summed E-state index contributed by atoms with van der Waals surface area (Å²) in [5, 5.41) is 0. The second-order valence-electron chi connectivity index (χ2n) is 4.52. The standard InChI is InChI=1S/C14H22ClNO/c1-11(2)16(7-8-17-4)14-6-5-13(10-15)12(3)9-14/h5-6,9,11H,7-8,10H2,1-4H3. The molecule has 17 heavy (non-hydrogen) atoms. The molecule has 0 amide bonds. The molecule has 0 heterocycles. The molecule has 1 aromatic carbocycles. The summed E-state index contributed by atoms with van der Waals surface area (Å²) in [5.41, 5.74) is 3.69. The summed E-state index contributed by atoms with van der Waals surface area (Å²) in [6.45, 7) is 8.15. The van der Waals surface area contributed by atoms with Crippen LogP contribution in [-0.4, -0.2) is 26.3 Å². The minimum Gasteiger partial charge on any atom is -0.383 e. The molecule has 0 radical (unpaired) electrons. The molecule has 1 rings (SSSR count). The monoisotopic (exact) mass is 255 g/mol. The predicted octanol–water partition coefficient (Wildman–Crippen LogP) is 3.60. The molecular formula is C14H22ClNO. The third-order valence-corrected chi connectivity index (χ3v) is 3.25. The molecule has 0 N–H and O–H groups in total. The van der Waals surface area contributed by atoms with Crippen LogP contribution in [0.5, 0.6) is 0 Å². The molecular weight excluding hydrogens is 234 g/mol. The number of hydrogen-bond donors (Lipinski definition) is 0. The SMILES string of the molecule is COCCN(c1ccc(CCl)c(C)c1)C(C)C. The van der Waals surface area contributed by atoms with Crippen LogP contribution in [0.2, 0.25) is 0 Å². The first-order chi connectivity index (χ1) is 8.10. The van der Waals surface area contributed by atoms with Gasteiger partial charge in [-0.05, 0) is 44.0 Å². The zero-order valence-electron chi connectivity index (χ0n) is 11.2.